The lowest BCUT2D eigenvalue weighted by Crippen LogP contribution is -1.96. The maximum Gasteiger partial charge on any atom is 0.0760 e. The first kappa shape index (κ1) is 32.4. The van der Waals surface area contributed by atoms with Gasteiger partial charge in [-0.15, -0.1) is 0 Å². The summed E-state index contributed by atoms with van der Waals surface area (Å²) in [5.41, 5.74) is 6.25. The minimum absolute atomic E-state index is 0.799. The summed E-state index contributed by atoms with van der Waals surface area (Å²) in [4.78, 5) is 5.53. The van der Waals surface area contributed by atoms with Crippen LogP contribution in [-0.2, 0) is 0 Å². The van der Waals surface area contributed by atoms with E-state index in [1.54, 1.807) is 11.8 Å². The highest BCUT2D eigenvalue weighted by atomic mass is 32.2. The van der Waals surface area contributed by atoms with Crippen molar-refractivity contribution in [2.45, 2.75) is 74.7 Å². The number of aliphatic imine (C=N–C) groups is 1. The van der Waals surface area contributed by atoms with E-state index in [0.717, 1.165) is 29.9 Å². The van der Waals surface area contributed by atoms with E-state index in [9.17, 15) is 0 Å². The number of nitrogens with zero attached hydrogens (tertiary/aromatic N) is 1. The van der Waals surface area contributed by atoms with Crippen molar-refractivity contribution < 1.29 is 0 Å². The van der Waals surface area contributed by atoms with E-state index in [0.29, 0.717) is 0 Å². The van der Waals surface area contributed by atoms with E-state index in [-0.39, 0.29) is 0 Å². The van der Waals surface area contributed by atoms with Gasteiger partial charge in [-0.05, 0) is 59.6 Å². The van der Waals surface area contributed by atoms with Crippen molar-refractivity contribution in [2.75, 3.05) is 7.05 Å². The molecule has 0 heterocycles. The molecule has 3 aromatic rings. The molecule has 3 aromatic carbocycles. The summed E-state index contributed by atoms with van der Waals surface area (Å²) in [6.07, 6.45) is 2.97. The van der Waals surface area contributed by atoms with Gasteiger partial charge in [-0.3, -0.25) is 4.99 Å². The lowest BCUT2D eigenvalue weighted by atomic mass is 10.0. The molecule has 0 spiro atoms. The second kappa shape index (κ2) is 18.7. The third-order valence-electron chi connectivity index (χ3n) is 5.12. The second-order valence-corrected chi connectivity index (χ2v) is 9.21. The van der Waals surface area contributed by atoms with Crippen molar-refractivity contribution in [2.24, 2.45) is 4.99 Å². The van der Waals surface area contributed by atoms with Gasteiger partial charge in [0.05, 0.1) is 5.04 Å². The number of hydrogen-bond acceptors (Lipinski definition) is 2. The highest BCUT2D eigenvalue weighted by Crippen LogP contribution is 2.27. The predicted molar refractivity (Wildman–Crippen MR) is 166 cm³/mol. The average Bonchev–Trinajstić information content (AvgIpc) is 2.87. The van der Waals surface area contributed by atoms with Gasteiger partial charge in [-0.1, -0.05) is 138 Å². The van der Waals surface area contributed by atoms with Crippen molar-refractivity contribution in [3.05, 3.63) is 101 Å². The maximum atomic E-state index is 4.35. The van der Waals surface area contributed by atoms with Crippen LogP contribution in [-0.4, -0.2) is 12.1 Å². The minimum atomic E-state index is 0.799. The first-order chi connectivity index (χ1) is 16.8. The maximum absolute atomic E-state index is 4.35. The number of hydrogen-bond donors (Lipinski definition) is 0. The lowest BCUT2D eigenvalue weighted by Gasteiger charge is -2.10. The third kappa shape index (κ3) is 12.1. The van der Waals surface area contributed by atoms with Crippen LogP contribution in [0.5, 0.6) is 0 Å². The molecular weight excluding hydrogens is 442 g/mol. The monoisotopic (exact) mass is 489 g/mol. The van der Waals surface area contributed by atoms with E-state index in [1.807, 2.05) is 34.7 Å². The molecule has 0 fully saturated rings. The SMILES string of the molecule is C=C(CCC)SC(CC(=C)c1ccc(C)cc1)=NC.CC.CC.Cc1ccc2c(C)cccc2c1. The van der Waals surface area contributed by atoms with Crippen LogP contribution in [0.2, 0.25) is 0 Å². The van der Waals surface area contributed by atoms with E-state index >= 15 is 0 Å². The van der Waals surface area contributed by atoms with Crippen molar-refractivity contribution in [3.8, 4) is 0 Å². The van der Waals surface area contributed by atoms with E-state index < -0.39 is 0 Å². The fourth-order valence-electron chi connectivity index (χ4n) is 3.30. The molecule has 0 saturated heterocycles. The number of thioether (sulfide) groups is 1. The topological polar surface area (TPSA) is 12.4 Å². The molecule has 0 saturated carbocycles. The Hall–Kier alpha value is -2.58. The Balaban J connectivity index is 0.000000617. The Bertz CT molecular complexity index is 1060. The quantitative estimate of drug-likeness (QED) is 0.248. The van der Waals surface area contributed by atoms with Gasteiger partial charge in [0.2, 0.25) is 0 Å². The Kier molecular flexibility index (Phi) is 17.3. The van der Waals surface area contributed by atoms with Gasteiger partial charge in [-0.2, -0.15) is 0 Å². The molecule has 0 bridgehead atoms. The van der Waals surface area contributed by atoms with Crippen LogP contribution in [0, 0.1) is 20.8 Å². The summed E-state index contributed by atoms with van der Waals surface area (Å²) in [5, 5.41) is 3.79. The van der Waals surface area contributed by atoms with Gasteiger partial charge >= 0.3 is 0 Å². The second-order valence-electron chi connectivity index (χ2n) is 7.95. The van der Waals surface area contributed by atoms with Crippen molar-refractivity contribution in [1.82, 2.24) is 0 Å². The van der Waals surface area contributed by atoms with Gasteiger partial charge in [-0.25, -0.2) is 0 Å². The summed E-state index contributed by atoms with van der Waals surface area (Å²) >= 11 is 1.69. The van der Waals surface area contributed by atoms with Gasteiger partial charge in [0, 0.05) is 13.5 Å². The molecule has 0 aliphatic rings. The molecule has 35 heavy (non-hydrogen) atoms. The van der Waals surface area contributed by atoms with Crippen LogP contribution in [0.4, 0.5) is 0 Å². The zero-order valence-electron chi connectivity index (χ0n) is 23.7. The largest absolute Gasteiger partial charge is 0.286 e. The number of rotatable bonds is 6. The fraction of sp³-hybridized carbons (Fsp3) is 0.364. The Morgan fingerprint density at radius 1 is 0.829 bits per heavy atom. The number of allylic oxidation sites excluding steroid dienone is 2. The van der Waals surface area contributed by atoms with E-state index in [2.05, 4.69) is 107 Å². The average molecular weight is 490 g/mol. The standard InChI is InChI=1S/C17H23NS.C12H12.2C2H6/c1-6-7-15(4)19-17(18-5)12-14(3)16-10-8-13(2)9-11-16;1-9-6-7-12-10(2)4-3-5-11(12)8-9;2*1-2/h8-11H,3-4,6-7,12H2,1-2,5H3;3-8H,1-2H3;2*1-2H3. The predicted octanol–water partition coefficient (Wildman–Crippen LogP) is 11.0. The first-order valence-electron chi connectivity index (χ1n) is 12.9. The fourth-order valence-corrected chi connectivity index (χ4v) is 4.27. The highest BCUT2D eigenvalue weighted by molar-refractivity contribution is 8.17. The molecule has 0 amide bonds. The van der Waals surface area contributed by atoms with Crippen LogP contribution in [0.15, 0.2) is 83.7 Å². The molecule has 0 aliphatic carbocycles. The summed E-state index contributed by atoms with van der Waals surface area (Å²) in [7, 11) is 1.84. The molecular formula is C33H47NS. The molecule has 0 N–H and O–H groups in total. The summed E-state index contributed by atoms with van der Waals surface area (Å²) in [5.74, 6) is 0. The zero-order valence-corrected chi connectivity index (χ0v) is 24.5. The number of benzene rings is 3. The van der Waals surface area contributed by atoms with E-state index in [4.69, 9.17) is 0 Å². The molecule has 0 aromatic heterocycles. The number of aryl methyl sites for hydroxylation is 3. The van der Waals surface area contributed by atoms with Crippen LogP contribution in [0.3, 0.4) is 0 Å². The van der Waals surface area contributed by atoms with Crippen molar-refractivity contribution in [1.29, 1.82) is 0 Å². The molecule has 0 radical (unpaired) electrons. The molecule has 0 aliphatic heterocycles. The van der Waals surface area contributed by atoms with Crippen molar-refractivity contribution >= 4 is 33.2 Å². The van der Waals surface area contributed by atoms with Crippen LogP contribution in [0.1, 0.15) is 76.1 Å². The first-order valence-corrected chi connectivity index (χ1v) is 13.7. The van der Waals surface area contributed by atoms with Crippen LogP contribution >= 0.6 is 11.8 Å². The lowest BCUT2D eigenvalue weighted by molar-refractivity contribution is 0.951. The van der Waals surface area contributed by atoms with Crippen molar-refractivity contribution in [3.63, 3.8) is 0 Å². The van der Waals surface area contributed by atoms with Gasteiger partial charge < -0.3 is 0 Å². The Labute approximate surface area is 220 Å². The third-order valence-corrected chi connectivity index (χ3v) is 6.17. The molecule has 1 nitrogen and oxygen atoms in total. The van der Waals surface area contributed by atoms with Crippen LogP contribution in [0.25, 0.3) is 16.3 Å². The molecule has 0 atom stereocenters. The smallest absolute Gasteiger partial charge is 0.0760 e. The minimum Gasteiger partial charge on any atom is -0.286 e. The summed E-state index contributed by atoms with van der Waals surface area (Å²) < 4.78 is 0. The van der Waals surface area contributed by atoms with Gasteiger partial charge in [0.1, 0.15) is 0 Å². The molecule has 2 heteroatoms. The summed E-state index contributed by atoms with van der Waals surface area (Å²) in [6, 6.07) is 21.5. The molecule has 0 unspecified atom stereocenters. The van der Waals surface area contributed by atoms with Gasteiger partial charge in [0.25, 0.3) is 0 Å². The molecule has 190 valence electrons. The Morgan fingerprint density at radius 2 is 1.43 bits per heavy atom. The summed E-state index contributed by atoms with van der Waals surface area (Å²) in [6.45, 7) is 24.8. The van der Waals surface area contributed by atoms with Crippen LogP contribution < -0.4 is 0 Å². The zero-order chi connectivity index (χ0) is 26.8. The normalized spacial score (nSPS) is 10.1. The van der Waals surface area contributed by atoms with E-state index in [1.165, 1.54) is 37.9 Å². The molecule has 3 rings (SSSR count). The van der Waals surface area contributed by atoms with Gasteiger partial charge in [0.15, 0.2) is 0 Å². The Morgan fingerprint density at radius 3 is 2.00 bits per heavy atom. The highest BCUT2D eigenvalue weighted by Gasteiger charge is 2.07. The number of fused-ring (bicyclic) bond motifs is 1.